The van der Waals surface area contributed by atoms with E-state index in [1.807, 2.05) is 0 Å². The second-order valence-electron chi connectivity index (χ2n) is 7.54. The molecule has 2 N–H and O–H groups in total. The van der Waals surface area contributed by atoms with E-state index in [4.69, 9.17) is 9.47 Å². The standard InChI is InChI=1S/C21H35FN4O2.HI/c1-17(2)15-26-11-13-28-20(16-26)14-25-21(23-3)24-10-4-5-12-27-19-8-6-18(22)7-9-19;/h6-9,17,20H,4-5,10-16H2,1-3H3,(H2,23,24,25);1H. The molecule has 8 heteroatoms. The minimum Gasteiger partial charge on any atom is -0.494 e. The highest BCUT2D eigenvalue weighted by Gasteiger charge is 2.20. The van der Waals surface area contributed by atoms with Gasteiger partial charge in [-0.3, -0.25) is 9.89 Å². The molecule has 1 heterocycles. The fraction of sp³-hybridized carbons (Fsp3) is 0.667. The van der Waals surface area contributed by atoms with E-state index < -0.39 is 0 Å². The number of hydrogen-bond donors (Lipinski definition) is 2. The molecule has 1 atom stereocenters. The highest BCUT2D eigenvalue weighted by Crippen LogP contribution is 2.11. The molecule has 0 spiro atoms. The van der Waals surface area contributed by atoms with Crippen molar-refractivity contribution in [3.8, 4) is 5.75 Å². The van der Waals surface area contributed by atoms with Crippen molar-refractivity contribution in [3.05, 3.63) is 30.1 Å². The number of benzene rings is 1. The topological polar surface area (TPSA) is 58.1 Å². The van der Waals surface area contributed by atoms with Crippen LogP contribution in [0.3, 0.4) is 0 Å². The quantitative estimate of drug-likeness (QED) is 0.214. The Balaban J connectivity index is 0.00000420. The van der Waals surface area contributed by atoms with Crippen LogP contribution in [0.15, 0.2) is 29.3 Å². The third-order valence-electron chi connectivity index (χ3n) is 4.51. The fourth-order valence-corrected chi connectivity index (χ4v) is 3.17. The van der Waals surface area contributed by atoms with Crippen LogP contribution in [-0.4, -0.2) is 69.9 Å². The lowest BCUT2D eigenvalue weighted by atomic mass is 10.2. The third-order valence-corrected chi connectivity index (χ3v) is 4.51. The molecule has 2 rings (SSSR count). The van der Waals surface area contributed by atoms with E-state index in [1.54, 1.807) is 19.2 Å². The van der Waals surface area contributed by atoms with E-state index in [9.17, 15) is 4.39 Å². The predicted molar refractivity (Wildman–Crippen MR) is 127 cm³/mol. The fourth-order valence-electron chi connectivity index (χ4n) is 3.17. The zero-order valence-corrected chi connectivity index (χ0v) is 20.2. The first kappa shape index (κ1) is 25.9. The third kappa shape index (κ3) is 11.0. The maximum atomic E-state index is 12.8. The van der Waals surface area contributed by atoms with Gasteiger partial charge in [-0.25, -0.2) is 4.39 Å². The van der Waals surface area contributed by atoms with Crippen LogP contribution in [0.4, 0.5) is 4.39 Å². The molecule has 0 radical (unpaired) electrons. The molecule has 0 saturated carbocycles. The minimum atomic E-state index is -0.248. The summed E-state index contributed by atoms with van der Waals surface area (Å²) in [4.78, 5) is 6.74. The Labute approximate surface area is 191 Å². The second kappa shape index (κ2) is 14.8. The predicted octanol–water partition coefficient (Wildman–Crippen LogP) is 3.12. The van der Waals surface area contributed by atoms with Crippen LogP contribution < -0.4 is 15.4 Å². The van der Waals surface area contributed by atoms with E-state index in [-0.39, 0.29) is 35.9 Å². The van der Waals surface area contributed by atoms with Gasteiger partial charge in [0.25, 0.3) is 0 Å². The summed E-state index contributed by atoms with van der Waals surface area (Å²) in [6, 6.07) is 6.11. The molecule has 29 heavy (non-hydrogen) atoms. The number of halogens is 2. The largest absolute Gasteiger partial charge is 0.494 e. The number of unbranched alkanes of at least 4 members (excludes halogenated alkanes) is 1. The summed E-state index contributed by atoms with van der Waals surface area (Å²) < 4.78 is 24.3. The van der Waals surface area contributed by atoms with Crippen LogP contribution in [-0.2, 0) is 4.74 Å². The van der Waals surface area contributed by atoms with Crippen molar-refractivity contribution in [1.29, 1.82) is 0 Å². The average Bonchev–Trinajstić information content (AvgIpc) is 2.68. The van der Waals surface area contributed by atoms with Gasteiger partial charge in [-0.1, -0.05) is 13.8 Å². The Morgan fingerprint density at radius 3 is 2.72 bits per heavy atom. The molecule has 0 aromatic heterocycles. The van der Waals surface area contributed by atoms with Crippen LogP contribution in [0.2, 0.25) is 0 Å². The van der Waals surface area contributed by atoms with Crippen molar-refractivity contribution in [1.82, 2.24) is 15.5 Å². The first-order chi connectivity index (χ1) is 13.6. The molecular formula is C21H36FIN4O2. The molecule has 0 aliphatic carbocycles. The Morgan fingerprint density at radius 2 is 2.03 bits per heavy atom. The molecule has 1 aliphatic heterocycles. The van der Waals surface area contributed by atoms with Gasteiger partial charge in [-0.05, 0) is 43.0 Å². The molecule has 1 aromatic rings. The Kier molecular flexibility index (Phi) is 13.2. The van der Waals surface area contributed by atoms with Gasteiger partial charge in [0.05, 0.1) is 19.3 Å². The van der Waals surface area contributed by atoms with E-state index >= 15 is 0 Å². The lowest BCUT2D eigenvalue weighted by Crippen LogP contribution is -2.50. The monoisotopic (exact) mass is 522 g/mol. The molecule has 166 valence electrons. The van der Waals surface area contributed by atoms with Gasteiger partial charge in [0.2, 0.25) is 0 Å². The van der Waals surface area contributed by atoms with Crippen LogP contribution in [0.25, 0.3) is 0 Å². The number of nitrogens with one attached hydrogen (secondary N) is 2. The van der Waals surface area contributed by atoms with Crippen molar-refractivity contribution in [2.75, 3.05) is 53.0 Å². The highest BCUT2D eigenvalue weighted by atomic mass is 127. The summed E-state index contributed by atoms with van der Waals surface area (Å²) in [5.41, 5.74) is 0. The van der Waals surface area contributed by atoms with Gasteiger partial charge in [0.1, 0.15) is 11.6 Å². The summed E-state index contributed by atoms with van der Waals surface area (Å²) in [5.74, 6) is 1.92. The highest BCUT2D eigenvalue weighted by molar-refractivity contribution is 14.0. The molecule has 0 amide bonds. The van der Waals surface area contributed by atoms with Gasteiger partial charge in [0, 0.05) is 39.8 Å². The lowest BCUT2D eigenvalue weighted by Gasteiger charge is -2.34. The number of aliphatic imine (C=N–C) groups is 1. The van der Waals surface area contributed by atoms with E-state index in [1.165, 1.54) is 12.1 Å². The molecule has 1 unspecified atom stereocenters. The molecule has 1 fully saturated rings. The number of nitrogens with zero attached hydrogens (tertiary/aromatic N) is 2. The van der Waals surface area contributed by atoms with E-state index in [0.717, 1.165) is 58.1 Å². The van der Waals surface area contributed by atoms with Gasteiger partial charge >= 0.3 is 0 Å². The van der Waals surface area contributed by atoms with Crippen molar-refractivity contribution >= 4 is 29.9 Å². The molecule has 1 saturated heterocycles. The van der Waals surface area contributed by atoms with Crippen molar-refractivity contribution in [3.63, 3.8) is 0 Å². The van der Waals surface area contributed by atoms with Crippen LogP contribution in [0.5, 0.6) is 5.75 Å². The summed E-state index contributed by atoms with van der Waals surface area (Å²) >= 11 is 0. The van der Waals surface area contributed by atoms with E-state index in [2.05, 4.69) is 34.4 Å². The normalized spacial score (nSPS) is 17.7. The Morgan fingerprint density at radius 1 is 1.28 bits per heavy atom. The number of guanidine groups is 1. The Hall–Kier alpha value is -1.13. The zero-order valence-electron chi connectivity index (χ0n) is 17.8. The molecule has 6 nitrogen and oxygen atoms in total. The van der Waals surface area contributed by atoms with Gasteiger partial charge < -0.3 is 20.1 Å². The average molecular weight is 522 g/mol. The van der Waals surface area contributed by atoms with Crippen LogP contribution in [0, 0.1) is 11.7 Å². The van der Waals surface area contributed by atoms with Crippen molar-refractivity contribution < 1.29 is 13.9 Å². The van der Waals surface area contributed by atoms with E-state index in [0.29, 0.717) is 18.3 Å². The maximum Gasteiger partial charge on any atom is 0.191 e. The lowest BCUT2D eigenvalue weighted by molar-refractivity contribution is -0.0284. The van der Waals surface area contributed by atoms with Gasteiger partial charge in [-0.2, -0.15) is 0 Å². The van der Waals surface area contributed by atoms with Gasteiger partial charge in [-0.15, -0.1) is 24.0 Å². The van der Waals surface area contributed by atoms with Crippen LogP contribution >= 0.6 is 24.0 Å². The number of hydrogen-bond acceptors (Lipinski definition) is 4. The van der Waals surface area contributed by atoms with Crippen molar-refractivity contribution in [2.45, 2.75) is 32.8 Å². The van der Waals surface area contributed by atoms with Crippen LogP contribution in [0.1, 0.15) is 26.7 Å². The SMILES string of the molecule is CN=C(NCCCCOc1ccc(F)cc1)NCC1CN(CC(C)C)CCO1.I. The summed E-state index contributed by atoms with van der Waals surface area (Å²) in [5, 5.41) is 6.68. The summed E-state index contributed by atoms with van der Waals surface area (Å²) in [6.45, 7) is 10.6. The summed E-state index contributed by atoms with van der Waals surface area (Å²) in [6.07, 6.45) is 2.07. The van der Waals surface area contributed by atoms with Crippen molar-refractivity contribution in [2.24, 2.45) is 10.9 Å². The maximum absolute atomic E-state index is 12.8. The first-order valence-electron chi connectivity index (χ1n) is 10.2. The Bertz CT molecular complexity index is 587. The zero-order chi connectivity index (χ0) is 20.2. The first-order valence-corrected chi connectivity index (χ1v) is 10.2. The second-order valence-corrected chi connectivity index (χ2v) is 7.54. The minimum absolute atomic E-state index is 0. The van der Waals surface area contributed by atoms with Gasteiger partial charge in [0.15, 0.2) is 5.96 Å². The summed E-state index contributed by atoms with van der Waals surface area (Å²) in [7, 11) is 1.78. The number of ether oxygens (including phenoxy) is 2. The number of rotatable bonds is 10. The molecule has 1 aliphatic rings. The molecule has 0 bridgehead atoms. The smallest absolute Gasteiger partial charge is 0.191 e. The molecule has 1 aromatic carbocycles. The number of morpholine rings is 1. The molecular weight excluding hydrogens is 486 g/mol.